The van der Waals surface area contributed by atoms with E-state index in [4.69, 9.17) is 0 Å². The number of hydrogen-bond acceptors (Lipinski definition) is 4. The van der Waals surface area contributed by atoms with Crippen molar-refractivity contribution in [2.75, 3.05) is 0 Å². The van der Waals surface area contributed by atoms with Gasteiger partial charge >= 0.3 is 0 Å². The molecule has 124 valence electrons. The maximum absolute atomic E-state index is 13.0. The normalized spacial score (nSPS) is 11.5. The van der Waals surface area contributed by atoms with Crippen LogP contribution in [0.3, 0.4) is 0 Å². The number of nitrogens with zero attached hydrogens (tertiary/aromatic N) is 4. The fourth-order valence-electron chi connectivity index (χ4n) is 2.32. The van der Waals surface area contributed by atoms with Crippen LogP contribution in [0, 0.1) is 12.7 Å². The van der Waals surface area contributed by atoms with Crippen LogP contribution in [0.25, 0.3) is 5.69 Å². The van der Waals surface area contributed by atoms with Crippen LogP contribution < -0.4 is 5.32 Å². The van der Waals surface area contributed by atoms with E-state index < -0.39 is 11.4 Å². The van der Waals surface area contributed by atoms with Crippen LogP contribution in [0.5, 0.6) is 0 Å². The summed E-state index contributed by atoms with van der Waals surface area (Å²) in [7, 11) is 0. The summed E-state index contributed by atoms with van der Waals surface area (Å²) in [5.74, 6) is 0.444. The van der Waals surface area contributed by atoms with E-state index in [2.05, 4.69) is 25.4 Å². The summed E-state index contributed by atoms with van der Waals surface area (Å²) in [5, 5.41) is 7.06. The first-order valence-corrected chi connectivity index (χ1v) is 7.39. The van der Waals surface area contributed by atoms with Gasteiger partial charge in [-0.1, -0.05) is 0 Å². The molecule has 0 radical (unpaired) electrons. The molecule has 0 spiro atoms. The van der Waals surface area contributed by atoms with Gasteiger partial charge in [-0.2, -0.15) is 0 Å². The number of H-pyrrole nitrogens is 1. The predicted molar refractivity (Wildman–Crippen MR) is 85.1 cm³/mol. The van der Waals surface area contributed by atoms with Gasteiger partial charge in [0, 0.05) is 12.4 Å². The van der Waals surface area contributed by atoms with Crippen LogP contribution in [-0.2, 0) is 5.54 Å². The molecule has 0 atom stereocenters. The van der Waals surface area contributed by atoms with E-state index in [1.54, 1.807) is 31.5 Å². The molecule has 0 unspecified atom stereocenters. The Labute approximate surface area is 138 Å². The molecule has 2 aromatic heterocycles. The van der Waals surface area contributed by atoms with Crippen molar-refractivity contribution in [3.05, 3.63) is 59.9 Å². The highest BCUT2D eigenvalue weighted by Gasteiger charge is 2.28. The number of benzene rings is 1. The average Bonchev–Trinajstić information content (AvgIpc) is 3.17. The van der Waals surface area contributed by atoms with Crippen molar-refractivity contribution in [2.45, 2.75) is 26.3 Å². The number of nitrogens with one attached hydrogen (secondary N) is 2. The van der Waals surface area contributed by atoms with Crippen molar-refractivity contribution in [2.24, 2.45) is 0 Å². The third kappa shape index (κ3) is 3.03. The Balaban J connectivity index is 1.84. The van der Waals surface area contributed by atoms with E-state index in [0.29, 0.717) is 17.3 Å². The third-order valence-corrected chi connectivity index (χ3v) is 3.56. The molecule has 2 N–H and O–H groups in total. The van der Waals surface area contributed by atoms with Crippen LogP contribution >= 0.6 is 0 Å². The lowest BCUT2D eigenvalue weighted by Crippen LogP contribution is -2.42. The van der Waals surface area contributed by atoms with E-state index in [1.807, 2.05) is 13.8 Å². The second-order valence-electron chi connectivity index (χ2n) is 5.89. The number of halogens is 1. The third-order valence-electron chi connectivity index (χ3n) is 3.56. The molecule has 0 aliphatic rings. The highest BCUT2D eigenvalue weighted by Crippen LogP contribution is 2.16. The molecule has 1 aromatic carbocycles. The van der Waals surface area contributed by atoms with Crippen molar-refractivity contribution in [1.29, 1.82) is 0 Å². The van der Waals surface area contributed by atoms with Crippen LogP contribution in [0.1, 0.15) is 36.1 Å². The molecule has 3 rings (SSSR count). The molecular formula is C16H17FN6O. The summed E-state index contributed by atoms with van der Waals surface area (Å²) in [6.07, 6.45) is 3.31. The lowest BCUT2D eigenvalue weighted by Gasteiger charge is -2.22. The predicted octanol–water partition coefficient (Wildman–Crippen LogP) is 2.10. The van der Waals surface area contributed by atoms with E-state index in [9.17, 15) is 9.18 Å². The number of rotatable bonds is 4. The van der Waals surface area contributed by atoms with Gasteiger partial charge in [-0.3, -0.25) is 4.79 Å². The van der Waals surface area contributed by atoms with Crippen LogP contribution in [0.15, 0.2) is 36.7 Å². The van der Waals surface area contributed by atoms with Gasteiger partial charge in [-0.15, -0.1) is 5.10 Å². The quantitative estimate of drug-likeness (QED) is 0.767. The number of aryl methyl sites for hydroxylation is 1. The Morgan fingerprint density at radius 2 is 2.00 bits per heavy atom. The second kappa shape index (κ2) is 5.88. The number of carbonyl (C=O) groups is 1. The lowest BCUT2D eigenvalue weighted by molar-refractivity contribution is 0.0898. The molecule has 7 nitrogen and oxygen atoms in total. The molecule has 0 bridgehead atoms. The standard InChI is InChI=1S/C16H17FN6O/c1-10-20-13(22-23(10)12-6-4-11(17)5-7-12)14(24)21-16(2,3)15-18-8-9-19-15/h4-9H,1-3H3,(H,18,19)(H,21,24). The maximum atomic E-state index is 13.0. The van der Waals surface area contributed by atoms with E-state index in [0.717, 1.165) is 0 Å². The Morgan fingerprint density at radius 1 is 1.29 bits per heavy atom. The first kappa shape index (κ1) is 15.9. The van der Waals surface area contributed by atoms with Crippen molar-refractivity contribution in [3.8, 4) is 5.69 Å². The van der Waals surface area contributed by atoms with Crippen molar-refractivity contribution in [3.63, 3.8) is 0 Å². The summed E-state index contributed by atoms with van der Waals surface area (Å²) >= 11 is 0. The number of hydrogen-bond donors (Lipinski definition) is 2. The zero-order valence-electron chi connectivity index (χ0n) is 13.5. The van der Waals surface area contributed by atoms with Gasteiger partial charge in [0.15, 0.2) is 0 Å². The number of carbonyl (C=O) groups excluding carboxylic acids is 1. The van der Waals surface area contributed by atoms with Gasteiger partial charge in [-0.05, 0) is 45.0 Å². The molecule has 8 heteroatoms. The smallest absolute Gasteiger partial charge is 0.291 e. The molecule has 24 heavy (non-hydrogen) atoms. The van der Waals surface area contributed by atoms with Crippen molar-refractivity contribution in [1.82, 2.24) is 30.0 Å². The van der Waals surface area contributed by atoms with E-state index >= 15 is 0 Å². The largest absolute Gasteiger partial charge is 0.347 e. The average molecular weight is 328 g/mol. The Hall–Kier alpha value is -3.03. The van der Waals surface area contributed by atoms with Crippen molar-refractivity contribution < 1.29 is 9.18 Å². The Bertz CT molecular complexity index is 851. The number of imidazole rings is 1. The summed E-state index contributed by atoms with van der Waals surface area (Å²) in [6, 6.07) is 5.81. The summed E-state index contributed by atoms with van der Waals surface area (Å²) in [5.41, 5.74) is -0.0683. The van der Waals surface area contributed by atoms with Gasteiger partial charge in [0.05, 0.1) is 11.2 Å². The van der Waals surface area contributed by atoms with Gasteiger partial charge in [-0.25, -0.2) is 19.0 Å². The van der Waals surface area contributed by atoms with E-state index in [1.165, 1.54) is 16.8 Å². The Morgan fingerprint density at radius 3 is 2.62 bits per heavy atom. The minimum atomic E-state index is -0.699. The molecule has 0 aliphatic carbocycles. The minimum Gasteiger partial charge on any atom is -0.347 e. The van der Waals surface area contributed by atoms with Crippen LogP contribution in [0.2, 0.25) is 0 Å². The zero-order chi connectivity index (χ0) is 17.3. The SMILES string of the molecule is Cc1nc(C(=O)NC(C)(C)c2ncc[nH]2)nn1-c1ccc(F)cc1. The summed E-state index contributed by atoms with van der Waals surface area (Å²) < 4.78 is 14.5. The molecule has 1 amide bonds. The van der Waals surface area contributed by atoms with Crippen molar-refractivity contribution >= 4 is 5.91 Å². The van der Waals surface area contributed by atoms with Gasteiger partial charge < -0.3 is 10.3 Å². The lowest BCUT2D eigenvalue weighted by atomic mass is 10.1. The van der Waals surface area contributed by atoms with Gasteiger partial charge in [0.25, 0.3) is 5.91 Å². The minimum absolute atomic E-state index is 0.0384. The summed E-state index contributed by atoms with van der Waals surface area (Å²) in [4.78, 5) is 23.8. The van der Waals surface area contributed by atoms with Crippen LogP contribution in [-0.4, -0.2) is 30.6 Å². The molecular weight excluding hydrogens is 311 g/mol. The Kier molecular flexibility index (Phi) is 3.88. The molecule has 0 fully saturated rings. The van der Waals surface area contributed by atoms with Gasteiger partial charge in [0.1, 0.15) is 17.5 Å². The molecule has 0 saturated carbocycles. The molecule has 0 saturated heterocycles. The fraction of sp³-hybridized carbons (Fsp3) is 0.250. The van der Waals surface area contributed by atoms with Gasteiger partial charge in [0.2, 0.25) is 5.82 Å². The first-order chi connectivity index (χ1) is 11.4. The first-order valence-electron chi connectivity index (χ1n) is 7.39. The summed E-state index contributed by atoms with van der Waals surface area (Å²) in [6.45, 7) is 5.38. The second-order valence-corrected chi connectivity index (χ2v) is 5.89. The highest BCUT2D eigenvalue weighted by atomic mass is 19.1. The van der Waals surface area contributed by atoms with E-state index in [-0.39, 0.29) is 11.6 Å². The molecule has 2 heterocycles. The number of aromatic nitrogens is 5. The zero-order valence-corrected chi connectivity index (χ0v) is 13.5. The highest BCUT2D eigenvalue weighted by molar-refractivity contribution is 5.91. The van der Waals surface area contributed by atoms with Crippen LogP contribution in [0.4, 0.5) is 4.39 Å². The maximum Gasteiger partial charge on any atom is 0.291 e. The number of aromatic amines is 1. The topological polar surface area (TPSA) is 88.5 Å². The monoisotopic (exact) mass is 328 g/mol. The fourth-order valence-corrected chi connectivity index (χ4v) is 2.32. The molecule has 0 aliphatic heterocycles. The number of amides is 1. The molecule has 3 aromatic rings.